The molecule has 0 unspecified atom stereocenters. The van der Waals surface area contributed by atoms with E-state index in [0.717, 1.165) is 10.9 Å². The van der Waals surface area contributed by atoms with Crippen molar-refractivity contribution in [2.75, 3.05) is 6.61 Å². The largest absolute Gasteiger partial charge is 2.00 e. The van der Waals surface area contributed by atoms with Crippen LogP contribution in [0, 0.1) is 6.92 Å². The Morgan fingerprint density at radius 1 is 1.16 bits per heavy atom. The Morgan fingerprint density at radius 3 is 2.72 bits per heavy atom. The fraction of sp³-hybridized carbons (Fsp3) is 0.158. The van der Waals surface area contributed by atoms with Gasteiger partial charge in [0.05, 0.1) is 17.8 Å². The normalized spacial score (nSPS) is 10.8. The van der Waals surface area contributed by atoms with E-state index in [1.54, 1.807) is 24.3 Å². The standard InChI is InChI=1S/C19H18N2O3.Cu/c1-3-24-17-6-4-5-13(19(17)23)11-20-14-7-8-15-12(2)9-18(22)21-16(15)10-14;/h4-11,23H,3H2,1-2H3,(H,21,22);/q;+2/p-2. The van der Waals surface area contributed by atoms with Crippen molar-refractivity contribution < 1.29 is 32.0 Å². The van der Waals surface area contributed by atoms with Gasteiger partial charge in [0, 0.05) is 11.6 Å². The number of hydrogen-bond donors (Lipinski definition) is 0. The van der Waals surface area contributed by atoms with Crippen LogP contribution in [0.1, 0.15) is 18.1 Å². The number of fused-ring (bicyclic) bond motifs is 1. The molecule has 0 aliphatic heterocycles. The van der Waals surface area contributed by atoms with E-state index >= 15 is 0 Å². The van der Waals surface area contributed by atoms with Crippen LogP contribution in [-0.2, 0) is 17.1 Å². The molecule has 0 bridgehead atoms. The molecule has 131 valence electrons. The topological polar surface area (TPSA) is 80.6 Å². The third-order valence-electron chi connectivity index (χ3n) is 3.64. The molecule has 3 aromatic rings. The van der Waals surface area contributed by atoms with Crippen molar-refractivity contribution in [3.8, 4) is 17.4 Å². The molecule has 0 N–H and O–H groups in total. The molecule has 5 nitrogen and oxygen atoms in total. The Balaban J connectivity index is 0.00000225. The molecule has 3 rings (SSSR count). The minimum Gasteiger partial charge on any atom is -0.870 e. The molecular weight excluding hydrogens is 368 g/mol. The SMILES string of the molecule is CCOc1cccc(C=Nc2ccc3c(C)cc([O-])nc3c2)c1[O-].[Cu+2]. The molecule has 0 atom stereocenters. The van der Waals surface area contributed by atoms with Crippen LogP contribution < -0.4 is 14.9 Å². The molecule has 6 heteroatoms. The molecule has 0 amide bonds. The number of nitrogens with zero attached hydrogens (tertiary/aromatic N) is 2. The average molecular weight is 384 g/mol. The minimum absolute atomic E-state index is 0. The first-order chi connectivity index (χ1) is 11.6. The summed E-state index contributed by atoms with van der Waals surface area (Å²) in [7, 11) is 0. The molecule has 0 saturated carbocycles. The number of aromatic nitrogens is 1. The van der Waals surface area contributed by atoms with Gasteiger partial charge in [0.25, 0.3) is 0 Å². The zero-order chi connectivity index (χ0) is 17.1. The number of aliphatic imine (C=N–C) groups is 1. The molecule has 0 spiro atoms. The second kappa shape index (κ2) is 8.01. The van der Waals surface area contributed by atoms with Crippen molar-refractivity contribution in [1.29, 1.82) is 0 Å². The number of aryl methyl sites for hydroxylation is 1. The monoisotopic (exact) mass is 383 g/mol. The predicted octanol–water partition coefficient (Wildman–Crippen LogP) is 2.84. The van der Waals surface area contributed by atoms with E-state index in [2.05, 4.69) is 9.98 Å². The molecule has 0 saturated heterocycles. The van der Waals surface area contributed by atoms with Gasteiger partial charge in [-0.25, -0.2) is 0 Å². The van der Waals surface area contributed by atoms with Crippen LogP contribution in [0.5, 0.6) is 17.4 Å². The molecule has 25 heavy (non-hydrogen) atoms. The van der Waals surface area contributed by atoms with Gasteiger partial charge >= 0.3 is 17.1 Å². The van der Waals surface area contributed by atoms with Crippen LogP contribution in [0.15, 0.2) is 47.5 Å². The van der Waals surface area contributed by atoms with E-state index in [4.69, 9.17) is 4.74 Å². The van der Waals surface area contributed by atoms with Gasteiger partial charge in [0.15, 0.2) is 0 Å². The quantitative estimate of drug-likeness (QED) is 0.512. The first-order valence-corrected chi connectivity index (χ1v) is 7.64. The van der Waals surface area contributed by atoms with Crippen molar-refractivity contribution in [3.63, 3.8) is 0 Å². The summed E-state index contributed by atoms with van der Waals surface area (Å²) in [6, 6.07) is 12.0. The fourth-order valence-electron chi connectivity index (χ4n) is 2.49. The summed E-state index contributed by atoms with van der Waals surface area (Å²) in [5, 5.41) is 24.7. The third kappa shape index (κ3) is 4.10. The molecule has 0 aliphatic rings. The van der Waals surface area contributed by atoms with E-state index in [1.165, 1.54) is 12.3 Å². The number of rotatable bonds is 4. The number of pyridine rings is 1. The van der Waals surface area contributed by atoms with Crippen LogP contribution in [0.4, 0.5) is 5.69 Å². The second-order valence-electron chi connectivity index (χ2n) is 5.34. The predicted molar refractivity (Wildman–Crippen MR) is 90.2 cm³/mol. The molecule has 1 radical (unpaired) electrons. The minimum atomic E-state index is -0.271. The summed E-state index contributed by atoms with van der Waals surface area (Å²) >= 11 is 0. The maximum Gasteiger partial charge on any atom is 2.00 e. The number of hydrogen-bond acceptors (Lipinski definition) is 5. The van der Waals surface area contributed by atoms with Crippen LogP contribution in [-0.4, -0.2) is 17.8 Å². The third-order valence-corrected chi connectivity index (χ3v) is 3.64. The van der Waals surface area contributed by atoms with Gasteiger partial charge in [-0.05, 0) is 55.1 Å². The van der Waals surface area contributed by atoms with Crippen molar-refractivity contribution in [3.05, 3.63) is 53.6 Å². The summed E-state index contributed by atoms with van der Waals surface area (Å²) in [6.45, 7) is 4.13. The Bertz CT molecular complexity index is 926. The van der Waals surface area contributed by atoms with E-state index in [1.807, 2.05) is 26.0 Å². The van der Waals surface area contributed by atoms with Crippen molar-refractivity contribution in [2.45, 2.75) is 13.8 Å². The van der Waals surface area contributed by atoms with Crippen LogP contribution >= 0.6 is 0 Å². The summed E-state index contributed by atoms with van der Waals surface area (Å²) in [6.07, 6.45) is 1.50. The Hall–Kier alpha value is -2.56. The zero-order valence-electron chi connectivity index (χ0n) is 13.7. The smallest absolute Gasteiger partial charge is 0.870 e. The molecule has 1 aromatic heterocycles. The van der Waals surface area contributed by atoms with Crippen molar-refractivity contribution in [2.24, 2.45) is 4.99 Å². The van der Waals surface area contributed by atoms with Gasteiger partial charge in [-0.1, -0.05) is 23.9 Å². The van der Waals surface area contributed by atoms with Gasteiger partial charge in [0.1, 0.15) is 5.75 Å². The van der Waals surface area contributed by atoms with E-state index in [0.29, 0.717) is 29.1 Å². The van der Waals surface area contributed by atoms with Crippen LogP contribution in [0.25, 0.3) is 10.9 Å². The summed E-state index contributed by atoms with van der Waals surface area (Å²) < 4.78 is 5.29. The van der Waals surface area contributed by atoms with Crippen molar-refractivity contribution in [1.82, 2.24) is 4.98 Å². The fourth-order valence-corrected chi connectivity index (χ4v) is 2.49. The summed E-state index contributed by atoms with van der Waals surface area (Å²) in [5.41, 5.74) is 2.55. The molecule has 2 aromatic carbocycles. The van der Waals surface area contributed by atoms with Gasteiger partial charge in [-0.3, -0.25) is 9.98 Å². The summed E-state index contributed by atoms with van der Waals surface area (Å²) in [5.74, 6) is -0.152. The second-order valence-corrected chi connectivity index (χ2v) is 5.34. The first kappa shape index (κ1) is 18.8. The molecule has 0 fully saturated rings. The van der Waals surface area contributed by atoms with Crippen LogP contribution in [0.2, 0.25) is 0 Å². The zero-order valence-corrected chi connectivity index (χ0v) is 14.7. The van der Waals surface area contributed by atoms with Gasteiger partial charge < -0.3 is 14.9 Å². The summed E-state index contributed by atoms with van der Waals surface area (Å²) in [4.78, 5) is 8.32. The van der Waals surface area contributed by atoms with E-state index in [9.17, 15) is 10.2 Å². The van der Waals surface area contributed by atoms with E-state index in [-0.39, 0.29) is 28.7 Å². The van der Waals surface area contributed by atoms with Gasteiger partial charge in [0.2, 0.25) is 0 Å². The van der Waals surface area contributed by atoms with Crippen LogP contribution in [0.3, 0.4) is 0 Å². The maximum absolute atomic E-state index is 12.2. The Morgan fingerprint density at radius 2 is 1.96 bits per heavy atom. The van der Waals surface area contributed by atoms with E-state index < -0.39 is 0 Å². The molecular formula is C19H16CuN2O3. The first-order valence-electron chi connectivity index (χ1n) is 7.64. The van der Waals surface area contributed by atoms with Gasteiger partial charge in [-0.15, -0.1) is 0 Å². The van der Waals surface area contributed by atoms with Gasteiger partial charge in [-0.2, -0.15) is 0 Å². The Labute approximate surface area is 156 Å². The maximum atomic E-state index is 12.2. The average Bonchev–Trinajstić information content (AvgIpc) is 2.55. The Kier molecular flexibility index (Phi) is 6.02. The van der Waals surface area contributed by atoms with Crippen molar-refractivity contribution >= 4 is 22.8 Å². The molecule has 1 heterocycles. The molecule has 0 aliphatic carbocycles. The number of benzene rings is 2. The number of para-hydroxylation sites is 1. The number of ether oxygens (including phenoxy) is 1.